The highest BCUT2D eigenvalue weighted by atomic mass is 32.2. The Bertz CT molecular complexity index is 662. The molecule has 2 heterocycles. The van der Waals surface area contributed by atoms with E-state index < -0.39 is 28.2 Å². The molecule has 0 spiro atoms. The summed E-state index contributed by atoms with van der Waals surface area (Å²) in [7, 11) is 0. The Morgan fingerprint density at radius 2 is 2.21 bits per heavy atom. The minimum Gasteiger partial charge on any atom is -0.285 e. The van der Waals surface area contributed by atoms with E-state index in [4.69, 9.17) is 0 Å². The van der Waals surface area contributed by atoms with Gasteiger partial charge in [0.15, 0.2) is 11.0 Å². The molecule has 1 aromatic carbocycles. The quantitative estimate of drug-likeness (QED) is 0.582. The van der Waals surface area contributed by atoms with Crippen LogP contribution in [-0.2, 0) is 0 Å². The minimum absolute atomic E-state index is 0.189. The number of carbonyl (C=O) groups is 1. The Morgan fingerprint density at radius 3 is 2.89 bits per heavy atom. The van der Waals surface area contributed by atoms with Gasteiger partial charge in [0.2, 0.25) is 5.82 Å². The summed E-state index contributed by atoms with van der Waals surface area (Å²) in [5.74, 6) is -3.55. The molecule has 0 saturated heterocycles. The molecular weight excluding hydrogens is 280 g/mol. The molecule has 0 unspecified atom stereocenters. The third-order valence-corrected chi connectivity index (χ3v) is 3.95. The standard InChI is InChI=1S/C10H5F2N3O3S/c11-5-3-4-8(7(6(5)12)15(17)18)19-10-13-1-2-14(10)9(4)16/h3H,1-2H2. The lowest BCUT2D eigenvalue weighted by Crippen LogP contribution is -2.36. The van der Waals surface area contributed by atoms with E-state index in [1.54, 1.807) is 0 Å². The molecular formula is C10H5F2N3O3S. The third-order valence-electron chi connectivity index (χ3n) is 2.80. The van der Waals surface area contributed by atoms with Crippen molar-refractivity contribution in [3.05, 3.63) is 33.4 Å². The molecule has 2 aliphatic heterocycles. The lowest BCUT2D eigenvalue weighted by molar-refractivity contribution is -0.390. The maximum Gasteiger partial charge on any atom is 0.322 e. The van der Waals surface area contributed by atoms with Crippen molar-refractivity contribution in [3.63, 3.8) is 0 Å². The molecule has 0 radical (unpaired) electrons. The van der Waals surface area contributed by atoms with Crippen LogP contribution in [0.5, 0.6) is 0 Å². The molecule has 0 fully saturated rings. The van der Waals surface area contributed by atoms with Crippen molar-refractivity contribution >= 4 is 28.5 Å². The third kappa shape index (κ3) is 1.61. The smallest absolute Gasteiger partial charge is 0.285 e. The number of nitro groups is 1. The van der Waals surface area contributed by atoms with Gasteiger partial charge in [-0.2, -0.15) is 4.39 Å². The first-order chi connectivity index (χ1) is 9.00. The van der Waals surface area contributed by atoms with E-state index in [1.165, 1.54) is 4.90 Å². The van der Waals surface area contributed by atoms with Gasteiger partial charge in [0, 0.05) is 6.54 Å². The van der Waals surface area contributed by atoms with Gasteiger partial charge in [0.25, 0.3) is 5.91 Å². The SMILES string of the molecule is O=C1c2cc(F)c(F)c([N+](=O)[O-])c2SC2=NCCN12. The zero-order valence-electron chi connectivity index (χ0n) is 9.22. The Hall–Kier alpha value is -2.03. The first-order valence-electron chi connectivity index (χ1n) is 5.21. The maximum atomic E-state index is 13.5. The highest BCUT2D eigenvalue weighted by Crippen LogP contribution is 2.42. The fraction of sp³-hybridized carbons (Fsp3) is 0.200. The zero-order valence-corrected chi connectivity index (χ0v) is 10.0. The van der Waals surface area contributed by atoms with Crippen LogP contribution >= 0.6 is 11.8 Å². The molecule has 9 heteroatoms. The second kappa shape index (κ2) is 3.98. The number of nitro benzene ring substituents is 1. The number of hydrogen-bond acceptors (Lipinski definition) is 5. The van der Waals surface area contributed by atoms with E-state index in [2.05, 4.69) is 4.99 Å². The number of hydrogen-bond donors (Lipinski definition) is 0. The monoisotopic (exact) mass is 285 g/mol. The number of amidine groups is 1. The van der Waals surface area contributed by atoms with E-state index in [0.29, 0.717) is 19.2 Å². The molecule has 1 amide bonds. The van der Waals surface area contributed by atoms with Crippen LogP contribution in [0.15, 0.2) is 16.0 Å². The number of nitrogens with zero attached hydrogens (tertiary/aromatic N) is 3. The number of halogens is 2. The summed E-state index contributed by atoms with van der Waals surface area (Å²) in [5.41, 5.74) is -1.21. The van der Waals surface area contributed by atoms with Crippen LogP contribution in [0.2, 0.25) is 0 Å². The van der Waals surface area contributed by atoms with Crippen LogP contribution in [0.25, 0.3) is 0 Å². The van der Waals surface area contributed by atoms with Crippen LogP contribution in [-0.4, -0.2) is 34.0 Å². The van der Waals surface area contributed by atoms with Crippen LogP contribution in [0.3, 0.4) is 0 Å². The Labute approximate surface area is 109 Å². The second-order valence-electron chi connectivity index (χ2n) is 3.88. The molecule has 0 atom stereocenters. The fourth-order valence-electron chi connectivity index (χ4n) is 1.96. The van der Waals surface area contributed by atoms with Gasteiger partial charge >= 0.3 is 5.69 Å². The van der Waals surface area contributed by atoms with Gasteiger partial charge in [-0.05, 0) is 17.8 Å². The van der Waals surface area contributed by atoms with Crippen LogP contribution in [0, 0.1) is 21.7 Å². The first-order valence-corrected chi connectivity index (χ1v) is 6.03. The molecule has 0 bridgehead atoms. The number of amides is 1. The number of aliphatic imine (C=N–C) groups is 1. The van der Waals surface area contributed by atoms with Gasteiger partial charge in [-0.25, -0.2) is 4.39 Å². The second-order valence-corrected chi connectivity index (χ2v) is 4.86. The lowest BCUT2D eigenvalue weighted by Gasteiger charge is -2.24. The summed E-state index contributed by atoms with van der Waals surface area (Å²) < 4.78 is 26.9. The molecule has 0 N–H and O–H groups in total. The summed E-state index contributed by atoms with van der Waals surface area (Å²) >= 11 is 0.816. The summed E-state index contributed by atoms with van der Waals surface area (Å²) in [5, 5.41) is 11.1. The van der Waals surface area contributed by atoms with Crippen LogP contribution in [0.1, 0.15) is 10.4 Å². The predicted octanol–water partition coefficient (Wildman–Crippen LogP) is 1.79. The average Bonchev–Trinajstić information content (AvgIpc) is 2.80. The molecule has 19 heavy (non-hydrogen) atoms. The summed E-state index contributed by atoms with van der Waals surface area (Å²) in [6, 6.07) is 0.697. The predicted molar refractivity (Wildman–Crippen MR) is 62.2 cm³/mol. The number of benzene rings is 1. The van der Waals surface area contributed by atoms with Gasteiger partial charge in [-0.3, -0.25) is 24.8 Å². The number of carbonyl (C=O) groups excluding carboxylic acids is 1. The van der Waals surface area contributed by atoms with Gasteiger partial charge in [0.1, 0.15) is 4.90 Å². The summed E-state index contributed by atoms with van der Waals surface area (Å²) in [4.78, 5) is 27.0. The lowest BCUT2D eigenvalue weighted by atomic mass is 10.1. The maximum absolute atomic E-state index is 13.5. The highest BCUT2D eigenvalue weighted by molar-refractivity contribution is 8.14. The minimum atomic E-state index is -1.56. The molecule has 98 valence electrons. The Balaban J connectivity index is 2.28. The Morgan fingerprint density at radius 1 is 1.47 bits per heavy atom. The molecule has 3 rings (SSSR count). The van der Waals surface area contributed by atoms with E-state index in [9.17, 15) is 23.7 Å². The normalized spacial score (nSPS) is 17.1. The van der Waals surface area contributed by atoms with Crippen molar-refractivity contribution in [1.82, 2.24) is 4.90 Å². The van der Waals surface area contributed by atoms with Crippen molar-refractivity contribution < 1.29 is 18.5 Å². The fourth-order valence-corrected chi connectivity index (χ4v) is 3.10. The van der Waals surface area contributed by atoms with Gasteiger partial charge in [-0.15, -0.1) is 0 Å². The van der Waals surface area contributed by atoms with Crippen molar-refractivity contribution in [3.8, 4) is 0 Å². The van der Waals surface area contributed by atoms with Crippen LogP contribution in [0.4, 0.5) is 14.5 Å². The number of thioether (sulfide) groups is 1. The molecule has 0 aromatic heterocycles. The van der Waals surface area contributed by atoms with E-state index >= 15 is 0 Å². The molecule has 0 aliphatic carbocycles. The molecule has 1 aromatic rings. The molecule has 0 saturated carbocycles. The van der Waals surface area contributed by atoms with E-state index in [-0.39, 0.29) is 15.6 Å². The summed E-state index contributed by atoms with van der Waals surface area (Å²) in [6.45, 7) is 0.716. The number of fused-ring (bicyclic) bond motifs is 2. The molecule has 2 aliphatic rings. The van der Waals surface area contributed by atoms with Gasteiger partial charge in [-0.1, -0.05) is 0 Å². The van der Waals surface area contributed by atoms with Gasteiger partial charge in [0.05, 0.1) is 17.0 Å². The average molecular weight is 285 g/mol. The van der Waals surface area contributed by atoms with Crippen molar-refractivity contribution in [1.29, 1.82) is 0 Å². The number of rotatable bonds is 1. The molecule has 6 nitrogen and oxygen atoms in total. The van der Waals surface area contributed by atoms with Crippen molar-refractivity contribution in [2.75, 3.05) is 13.1 Å². The van der Waals surface area contributed by atoms with Gasteiger partial charge < -0.3 is 0 Å². The van der Waals surface area contributed by atoms with E-state index in [1.807, 2.05) is 0 Å². The first kappa shape index (κ1) is 12.0. The highest BCUT2D eigenvalue weighted by Gasteiger charge is 2.40. The Kier molecular flexibility index (Phi) is 2.52. The van der Waals surface area contributed by atoms with Crippen molar-refractivity contribution in [2.45, 2.75) is 4.90 Å². The van der Waals surface area contributed by atoms with E-state index in [0.717, 1.165) is 11.8 Å². The topological polar surface area (TPSA) is 75.8 Å². The van der Waals surface area contributed by atoms with Crippen LogP contribution < -0.4 is 0 Å². The largest absolute Gasteiger partial charge is 0.322 e. The summed E-state index contributed by atoms with van der Waals surface area (Å²) in [6.07, 6.45) is 0. The zero-order chi connectivity index (χ0) is 13.7. The van der Waals surface area contributed by atoms with Crippen molar-refractivity contribution in [2.24, 2.45) is 4.99 Å².